The zero-order chi connectivity index (χ0) is 18.8. The maximum atomic E-state index is 13.9. The van der Waals surface area contributed by atoms with Crippen molar-refractivity contribution in [2.75, 3.05) is 25.0 Å². The molecule has 2 aromatic rings. The summed E-state index contributed by atoms with van der Waals surface area (Å²) in [5, 5.41) is 3.23. The SMILES string of the molecule is O=C(C1CC1c1cccc(F)c1F)N1CCC(CNc2ncccn2)CC1. The number of carbonyl (C=O) groups excluding carboxylic acids is 1. The first-order chi connectivity index (χ1) is 13.1. The fourth-order valence-corrected chi connectivity index (χ4v) is 3.84. The third kappa shape index (κ3) is 3.91. The van der Waals surface area contributed by atoms with Gasteiger partial charge in [0.1, 0.15) is 0 Å². The molecule has 142 valence electrons. The summed E-state index contributed by atoms with van der Waals surface area (Å²) < 4.78 is 27.3. The standard InChI is InChI=1S/C20H22F2N4O/c21-17-4-1-3-14(18(17)22)15-11-16(15)19(27)26-9-5-13(6-10-26)12-25-20-23-7-2-8-24-20/h1-4,7-8,13,15-16H,5-6,9-12H2,(H,23,24,25). The van der Waals surface area contributed by atoms with E-state index in [0.717, 1.165) is 25.5 Å². The quantitative estimate of drug-likeness (QED) is 0.876. The summed E-state index contributed by atoms with van der Waals surface area (Å²) in [5.41, 5.74) is 0.329. The van der Waals surface area contributed by atoms with E-state index in [4.69, 9.17) is 0 Å². The summed E-state index contributed by atoms with van der Waals surface area (Å²) in [6.45, 7) is 2.19. The topological polar surface area (TPSA) is 58.1 Å². The third-order valence-corrected chi connectivity index (χ3v) is 5.53. The molecule has 1 aliphatic carbocycles. The van der Waals surface area contributed by atoms with Gasteiger partial charge in [0.2, 0.25) is 11.9 Å². The minimum absolute atomic E-state index is 0.0708. The number of rotatable bonds is 5. The highest BCUT2D eigenvalue weighted by atomic mass is 19.2. The number of piperidine rings is 1. The Morgan fingerprint density at radius 2 is 1.89 bits per heavy atom. The number of halogens is 2. The van der Waals surface area contributed by atoms with Crippen LogP contribution in [0.15, 0.2) is 36.7 Å². The van der Waals surface area contributed by atoms with Crippen LogP contribution < -0.4 is 5.32 Å². The molecule has 2 aliphatic rings. The number of aromatic nitrogens is 2. The molecular weight excluding hydrogens is 350 g/mol. The number of hydrogen-bond donors (Lipinski definition) is 1. The summed E-state index contributed by atoms with van der Waals surface area (Å²) in [5.74, 6) is -0.910. The summed E-state index contributed by atoms with van der Waals surface area (Å²) in [4.78, 5) is 22.9. The van der Waals surface area contributed by atoms with Gasteiger partial charge in [0.05, 0.1) is 0 Å². The summed E-state index contributed by atoms with van der Waals surface area (Å²) in [7, 11) is 0. The van der Waals surface area contributed by atoms with Gasteiger partial charge >= 0.3 is 0 Å². The number of carbonyl (C=O) groups is 1. The Hall–Kier alpha value is -2.57. The molecule has 27 heavy (non-hydrogen) atoms. The number of nitrogens with zero attached hydrogens (tertiary/aromatic N) is 3. The van der Waals surface area contributed by atoms with Gasteiger partial charge in [0, 0.05) is 37.9 Å². The molecule has 2 unspecified atom stereocenters. The van der Waals surface area contributed by atoms with Gasteiger partial charge in [-0.25, -0.2) is 18.7 Å². The maximum Gasteiger partial charge on any atom is 0.226 e. The van der Waals surface area contributed by atoms with E-state index in [-0.39, 0.29) is 17.7 Å². The molecule has 1 aliphatic heterocycles. The summed E-state index contributed by atoms with van der Waals surface area (Å²) in [6, 6.07) is 5.97. The normalized spacial score (nSPS) is 22.5. The predicted molar refractivity (Wildman–Crippen MR) is 97.0 cm³/mol. The average Bonchev–Trinajstić information content (AvgIpc) is 3.50. The van der Waals surface area contributed by atoms with E-state index < -0.39 is 11.6 Å². The van der Waals surface area contributed by atoms with E-state index in [1.54, 1.807) is 24.5 Å². The molecule has 1 N–H and O–H groups in total. The Morgan fingerprint density at radius 1 is 1.15 bits per heavy atom. The fourth-order valence-electron chi connectivity index (χ4n) is 3.84. The molecular formula is C20H22F2N4O. The minimum atomic E-state index is -0.846. The van der Waals surface area contributed by atoms with Crippen molar-refractivity contribution in [3.63, 3.8) is 0 Å². The number of nitrogens with one attached hydrogen (secondary N) is 1. The maximum absolute atomic E-state index is 13.9. The second-order valence-corrected chi connectivity index (χ2v) is 7.31. The Morgan fingerprint density at radius 3 is 2.63 bits per heavy atom. The van der Waals surface area contributed by atoms with Gasteiger partial charge in [0.25, 0.3) is 0 Å². The van der Waals surface area contributed by atoms with Gasteiger partial charge in [-0.1, -0.05) is 12.1 Å². The third-order valence-electron chi connectivity index (χ3n) is 5.53. The van der Waals surface area contributed by atoms with Gasteiger partial charge in [-0.05, 0) is 48.8 Å². The van der Waals surface area contributed by atoms with E-state index in [9.17, 15) is 13.6 Å². The van der Waals surface area contributed by atoms with Gasteiger partial charge in [-0.3, -0.25) is 4.79 Å². The molecule has 4 rings (SSSR count). The minimum Gasteiger partial charge on any atom is -0.354 e. The molecule has 1 saturated carbocycles. The van der Waals surface area contributed by atoms with Crippen LogP contribution in [0, 0.1) is 23.5 Å². The largest absolute Gasteiger partial charge is 0.354 e. The molecule has 1 aromatic heterocycles. The van der Waals surface area contributed by atoms with Gasteiger partial charge in [-0.15, -0.1) is 0 Å². The molecule has 5 nitrogen and oxygen atoms in total. The van der Waals surface area contributed by atoms with Crippen molar-refractivity contribution in [2.24, 2.45) is 11.8 Å². The Bertz CT molecular complexity index is 809. The van der Waals surface area contributed by atoms with E-state index in [2.05, 4.69) is 15.3 Å². The molecule has 7 heteroatoms. The molecule has 2 fully saturated rings. The molecule has 1 saturated heterocycles. The lowest BCUT2D eigenvalue weighted by Crippen LogP contribution is -2.41. The molecule has 1 aromatic carbocycles. The highest BCUT2D eigenvalue weighted by Crippen LogP contribution is 2.49. The van der Waals surface area contributed by atoms with Crippen LogP contribution in [-0.4, -0.2) is 40.4 Å². The highest BCUT2D eigenvalue weighted by molar-refractivity contribution is 5.83. The highest BCUT2D eigenvalue weighted by Gasteiger charge is 2.47. The molecule has 0 spiro atoms. The van der Waals surface area contributed by atoms with Crippen LogP contribution >= 0.6 is 0 Å². The number of anilines is 1. The lowest BCUT2D eigenvalue weighted by Gasteiger charge is -2.32. The first-order valence-electron chi connectivity index (χ1n) is 9.37. The number of likely N-dealkylation sites (tertiary alicyclic amines) is 1. The summed E-state index contributed by atoms with van der Waals surface area (Å²) >= 11 is 0. The Kier molecular flexibility index (Phi) is 5.01. The molecule has 0 radical (unpaired) electrons. The van der Waals surface area contributed by atoms with Crippen molar-refractivity contribution in [3.05, 3.63) is 53.9 Å². The van der Waals surface area contributed by atoms with Gasteiger partial charge in [0.15, 0.2) is 11.6 Å². The average molecular weight is 372 g/mol. The van der Waals surface area contributed by atoms with Gasteiger partial charge < -0.3 is 10.2 Å². The fraction of sp³-hybridized carbons (Fsp3) is 0.450. The Labute approximate surface area is 156 Å². The van der Waals surface area contributed by atoms with Crippen LogP contribution in [0.1, 0.15) is 30.7 Å². The second-order valence-electron chi connectivity index (χ2n) is 7.31. The summed E-state index contributed by atoms with van der Waals surface area (Å²) in [6.07, 6.45) is 5.83. The van der Waals surface area contributed by atoms with Crippen LogP contribution in [0.5, 0.6) is 0 Å². The van der Waals surface area contributed by atoms with Crippen molar-refractivity contribution in [2.45, 2.75) is 25.2 Å². The van der Waals surface area contributed by atoms with Crippen LogP contribution in [0.3, 0.4) is 0 Å². The van der Waals surface area contributed by atoms with Crippen molar-refractivity contribution >= 4 is 11.9 Å². The first kappa shape index (κ1) is 17.8. The van der Waals surface area contributed by atoms with Crippen molar-refractivity contribution in [1.82, 2.24) is 14.9 Å². The number of amides is 1. The molecule has 1 amide bonds. The van der Waals surface area contributed by atoms with Crippen LogP contribution in [-0.2, 0) is 4.79 Å². The lowest BCUT2D eigenvalue weighted by molar-refractivity contribution is -0.134. The first-order valence-corrected chi connectivity index (χ1v) is 9.37. The molecule has 0 bridgehead atoms. The van der Waals surface area contributed by atoms with Gasteiger partial charge in [-0.2, -0.15) is 0 Å². The molecule has 2 atom stereocenters. The van der Waals surface area contributed by atoms with Crippen LogP contribution in [0.4, 0.5) is 14.7 Å². The van der Waals surface area contributed by atoms with E-state index in [0.29, 0.717) is 36.9 Å². The second kappa shape index (κ2) is 7.58. The number of benzene rings is 1. The lowest BCUT2D eigenvalue weighted by atomic mass is 9.96. The van der Waals surface area contributed by atoms with Crippen LogP contribution in [0.25, 0.3) is 0 Å². The van der Waals surface area contributed by atoms with E-state index >= 15 is 0 Å². The predicted octanol–water partition coefficient (Wildman–Crippen LogP) is 3.21. The zero-order valence-electron chi connectivity index (χ0n) is 14.9. The Balaban J connectivity index is 1.26. The zero-order valence-corrected chi connectivity index (χ0v) is 14.9. The van der Waals surface area contributed by atoms with Crippen molar-refractivity contribution < 1.29 is 13.6 Å². The molecule has 2 heterocycles. The number of hydrogen-bond acceptors (Lipinski definition) is 4. The monoisotopic (exact) mass is 372 g/mol. The van der Waals surface area contributed by atoms with E-state index in [1.807, 2.05) is 4.90 Å². The smallest absolute Gasteiger partial charge is 0.226 e. The van der Waals surface area contributed by atoms with Crippen LogP contribution in [0.2, 0.25) is 0 Å². The van der Waals surface area contributed by atoms with E-state index in [1.165, 1.54) is 6.07 Å². The van der Waals surface area contributed by atoms with Crippen molar-refractivity contribution in [1.29, 1.82) is 0 Å². The van der Waals surface area contributed by atoms with Crippen molar-refractivity contribution in [3.8, 4) is 0 Å².